The molecular weight excluding hydrogens is 827 g/mol. The zero-order valence-corrected chi connectivity index (χ0v) is 38.0. The van der Waals surface area contributed by atoms with Gasteiger partial charge in [0.2, 0.25) is 29.5 Å². The van der Waals surface area contributed by atoms with Gasteiger partial charge in [0.05, 0.1) is 13.2 Å². The Bertz CT molecular complexity index is 2060. The van der Waals surface area contributed by atoms with Crippen LogP contribution in [0.4, 0.5) is 4.79 Å². The van der Waals surface area contributed by atoms with Gasteiger partial charge in [-0.2, -0.15) is 0 Å². The molecule has 18 nitrogen and oxygen atoms in total. The summed E-state index contributed by atoms with van der Waals surface area (Å²) in [6, 6.07) is 10.0. The van der Waals surface area contributed by atoms with E-state index in [0.29, 0.717) is 17.5 Å². The quantitative estimate of drug-likeness (QED) is 0.0605. The highest BCUT2D eigenvalue weighted by atomic mass is 16.6. The summed E-state index contributed by atoms with van der Waals surface area (Å²) in [4.78, 5) is 109. The molecule has 0 radical (unpaired) electrons. The molecule has 0 fully saturated rings. The molecule has 1 heterocycles. The predicted molar refractivity (Wildman–Crippen MR) is 238 cm³/mol. The lowest BCUT2D eigenvalue weighted by Gasteiger charge is -2.26. The van der Waals surface area contributed by atoms with Gasteiger partial charge in [-0.05, 0) is 76.0 Å². The van der Waals surface area contributed by atoms with Crippen LogP contribution >= 0.6 is 0 Å². The Balaban J connectivity index is 1.88. The van der Waals surface area contributed by atoms with E-state index in [1.807, 2.05) is 45.9 Å². The standard InChI is InChI=1S/C46H65N7O11/c1-9-63-44(61)37(22-28(4)5)52-42(59)34(21-27(2)3)49-38(54)26-48-40(57)35(23-29-15-11-10-12-16-29)50-43(60)36(24-30-25-47-32-18-14-13-17-31(30)32)51-41(58)33(19-20-39(55)56)53-45(62)64-46(6,7)8/h10-18,25,27-28,33-37,47H,9,19-24,26H2,1-8H3,(H,48,57)(H,49,54)(H,50,60)(H,51,58)(H,52,59)(H,53,62)(H,55,56). The smallest absolute Gasteiger partial charge is 0.408 e. The van der Waals surface area contributed by atoms with Crippen LogP contribution < -0.4 is 31.9 Å². The fourth-order valence-corrected chi connectivity index (χ4v) is 6.76. The Morgan fingerprint density at radius 1 is 0.672 bits per heavy atom. The molecular formula is C46H65N7O11. The maximum absolute atomic E-state index is 14.4. The van der Waals surface area contributed by atoms with Crippen LogP contribution in [0.2, 0.25) is 0 Å². The van der Waals surface area contributed by atoms with Gasteiger partial charge >= 0.3 is 18.0 Å². The molecule has 1 aromatic heterocycles. The Hall–Kier alpha value is -6.46. The molecule has 0 bridgehead atoms. The predicted octanol–water partition coefficient (Wildman–Crippen LogP) is 3.42. The number of carboxylic acids is 1. The second-order valence-corrected chi connectivity index (χ2v) is 17.4. The number of amides is 6. The number of benzene rings is 2. The van der Waals surface area contributed by atoms with Crippen LogP contribution in [0.25, 0.3) is 10.9 Å². The van der Waals surface area contributed by atoms with Gasteiger partial charge in [-0.15, -0.1) is 0 Å². The first-order valence-corrected chi connectivity index (χ1v) is 21.6. The van der Waals surface area contributed by atoms with E-state index in [1.165, 1.54) is 0 Å². The summed E-state index contributed by atoms with van der Waals surface area (Å²) >= 11 is 0. The van der Waals surface area contributed by atoms with Crippen LogP contribution in [0, 0.1) is 11.8 Å². The number of carbonyl (C=O) groups excluding carboxylic acids is 7. The zero-order chi connectivity index (χ0) is 47.6. The molecule has 0 aliphatic carbocycles. The van der Waals surface area contributed by atoms with Gasteiger partial charge in [-0.25, -0.2) is 9.59 Å². The molecule has 2 aromatic carbocycles. The third-order valence-electron chi connectivity index (χ3n) is 9.68. The molecule has 64 heavy (non-hydrogen) atoms. The lowest BCUT2D eigenvalue weighted by Crippen LogP contribution is -2.58. The van der Waals surface area contributed by atoms with Crippen molar-refractivity contribution in [3.63, 3.8) is 0 Å². The van der Waals surface area contributed by atoms with Crippen LogP contribution in [0.3, 0.4) is 0 Å². The molecule has 350 valence electrons. The number of para-hydroxylation sites is 1. The normalized spacial score (nSPS) is 13.7. The van der Waals surface area contributed by atoms with E-state index < -0.39 is 96.3 Å². The van der Waals surface area contributed by atoms with E-state index in [4.69, 9.17) is 9.47 Å². The van der Waals surface area contributed by atoms with Crippen LogP contribution in [0.1, 0.15) is 92.2 Å². The van der Waals surface area contributed by atoms with Crippen LogP contribution in [-0.2, 0) is 55.9 Å². The molecule has 0 saturated heterocycles. The van der Waals surface area contributed by atoms with E-state index in [0.717, 1.165) is 10.9 Å². The molecule has 0 aliphatic heterocycles. The van der Waals surface area contributed by atoms with Gasteiger partial charge < -0.3 is 51.5 Å². The van der Waals surface area contributed by atoms with Gasteiger partial charge in [-0.3, -0.25) is 28.8 Å². The van der Waals surface area contributed by atoms with Gasteiger partial charge in [0.15, 0.2) is 0 Å². The molecule has 5 atom stereocenters. The number of rotatable bonds is 24. The van der Waals surface area contributed by atoms with Crippen molar-refractivity contribution in [2.24, 2.45) is 11.8 Å². The van der Waals surface area contributed by atoms with E-state index in [2.05, 4.69) is 36.9 Å². The van der Waals surface area contributed by atoms with Crippen LogP contribution in [0.5, 0.6) is 0 Å². The SMILES string of the molecule is CCOC(=O)C(CC(C)C)NC(=O)C(CC(C)C)NC(=O)CNC(=O)C(Cc1ccccc1)NC(=O)C(Cc1c[nH]c2ccccc12)NC(=O)C(CCC(=O)O)NC(=O)OC(C)(C)C. The number of carboxylic acid groups (broad SMARTS) is 1. The van der Waals surface area contributed by atoms with Crippen molar-refractivity contribution in [2.45, 2.75) is 130 Å². The number of H-pyrrole nitrogens is 1. The highest BCUT2D eigenvalue weighted by molar-refractivity contribution is 5.96. The topological polar surface area (TPSA) is 263 Å². The Labute approximate surface area is 374 Å². The number of esters is 1. The second-order valence-electron chi connectivity index (χ2n) is 17.4. The summed E-state index contributed by atoms with van der Waals surface area (Å²) in [6.45, 7) is 13.6. The lowest BCUT2D eigenvalue weighted by atomic mass is 10.0. The second kappa shape index (κ2) is 25.0. The number of aliphatic carboxylic acids is 1. The fourth-order valence-electron chi connectivity index (χ4n) is 6.76. The van der Waals surface area contributed by atoms with Crippen LogP contribution in [-0.4, -0.2) is 107 Å². The van der Waals surface area contributed by atoms with E-state index in [9.17, 15) is 43.5 Å². The first-order chi connectivity index (χ1) is 30.1. The lowest BCUT2D eigenvalue weighted by molar-refractivity contribution is -0.148. The van der Waals surface area contributed by atoms with Crippen molar-refractivity contribution >= 4 is 58.5 Å². The average Bonchev–Trinajstić information content (AvgIpc) is 3.62. The maximum Gasteiger partial charge on any atom is 0.408 e. The molecule has 5 unspecified atom stereocenters. The van der Waals surface area contributed by atoms with Crippen LogP contribution in [0.15, 0.2) is 60.8 Å². The minimum Gasteiger partial charge on any atom is -0.481 e. The molecule has 0 saturated carbocycles. The number of aromatic amines is 1. The number of fused-ring (bicyclic) bond motifs is 1. The molecule has 6 amide bonds. The molecule has 0 spiro atoms. The van der Waals surface area contributed by atoms with Crippen molar-refractivity contribution in [1.82, 2.24) is 36.9 Å². The van der Waals surface area contributed by atoms with Crippen molar-refractivity contribution in [3.05, 3.63) is 71.9 Å². The number of ether oxygens (including phenoxy) is 2. The summed E-state index contributed by atoms with van der Waals surface area (Å²) in [5, 5.41) is 25.9. The first-order valence-electron chi connectivity index (χ1n) is 21.6. The summed E-state index contributed by atoms with van der Waals surface area (Å²) in [6.07, 6.45) is 0.318. The number of hydrogen-bond acceptors (Lipinski definition) is 10. The Morgan fingerprint density at radius 3 is 1.84 bits per heavy atom. The number of carbonyl (C=O) groups is 8. The van der Waals surface area contributed by atoms with E-state index in [1.54, 1.807) is 70.3 Å². The largest absolute Gasteiger partial charge is 0.481 e. The first kappa shape index (κ1) is 51.9. The molecule has 3 rings (SSSR count). The maximum atomic E-state index is 14.4. The van der Waals surface area contributed by atoms with Crippen molar-refractivity contribution in [2.75, 3.05) is 13.2 Å². The van der Waals surface area contributed by atoms with Gasteiger partial charge in [0, 0.05) is 36.4 Å². The molecule has 0 aliphatic rings. The highest BCUT2D eigenvalue weighted by Crippen LogP contribution is 2.20. The van der Waals surface area contributed by atoms with Crippen molar-refractivity contribution < 1.29 is 52.9 Å². The Morgan fingerprint density at radius 2 is 1.23 bits per heavy atom. The van der Waals surface area contributed by atoms with E-state index >= 15 is 0 Å². The number of hydrogen-bond donors (Lipinski definition) is 8. The number of nitrogens with one attached hydrogen (secondary N) is 7. The zero-order valence-electron chi connectivity index (χ0n) is 38.0. The fraction of sp³-hybridized carbons (Fsp3) is 0.522. The summed E-state index contributed by atoms with van der Waals surface area (Å²) in [5.41, 5.74) is 1.12. The van der Waals surface area contributed by atoms with Gasteiger partial charge in [0.1, 0.15) is 35.8 Å². The molecule has 8 N–H and O–H groups in total. The van der Waals surface area contributed by atoms with E-state index in [-0.39, 0.29) is 44.1 Å². The van der Waals surface area contributed by atoms with Gasteiger partial charge in [-0.1, -0.05) is 76.2 Å². The minimum absolute atomic E-state index is 0.0291. The summed E-state index contributed by atoms with van der Waals surface area (Å²) < 4.78 is 10.5. The minimum atomic E-state index is -1.42. The molecule has 3 aromatic rings. The summed E-state index contributed by atoms with van der Waals surface area (Å²) in [5.74, 6) is -5.50. The van der Waals surface area contributed by atoms with Crippen molar-refractivity contribution in [1.29, 1.82) is 0 Å². The third kappa shape index (κ3) is 18.1. The summed E-state index contributed by atoms with van der Waals surface area (Å²) in [7, 11) is 0. The number of aromatic nitrogens is 1. The third-order valence-corrected chi connectivity index (χ3v) is 9.68. The van der Waals surface area contributed by atoms with Gasteiger partial charge in [0.25, 0.3) is 0 Å². The molecule has 18 heteroatoms. The highest BCUT2D eigenvalue weighted by Gasteiger charge is 2.33. The Kier molecular flexibility index (Phi) is 20.3. The monoisotopic (exact) mass is 891 g/mol. The average molecular weight is 892 g/mol. The number of alkyl carbamates (subject to hydrolysis) is 1. The van der Waals surface area contributed by atoms with Crippen molar-refractivity contribution in [3.8, 4) is 0 Å².